The summed E-state index contributed by atoms with van der Waals surface area (Å²) in [6, 6.07) is 15.7. The van der Waals surface area contributed by atoms with Crippen LogP contribution in [0, 0.1) is 0 Å². The molecule has 2 heterocycles. The minimum absolute atomic E-state index is 0.245. The van der Waals surface area contributed by atoms with Crippen molar-refractivity contribution in [1.82, 2.24) is 20.5 Å². The van der Waals surface area contributed by atoms with Crippen LogP contribution in [0.5, 0.6) is 0 Å². The highest BCUT2D eigenvalue weighted by molar-refractivity contribution is 7.18. The van der Waals surface area contributed by atoms with Gasteiger partial charge in [0.2, 0.25) is 0 Å². The second-order valence-electron chi connectivity index (χ2n) is 5.86. The Morgan fingerprint density at radius 1 is 1.08 bits per heavy atom. The molecule has 0 aliphatic heterocycles. The first-order chi connectivity index (χ1) is 12.8. The van der Waals surface area contributed by atoms with Gasteiger partial charge in [-0.25, -0.2) is 9.78 Å². The largest absolute Gasteiger partial charge is 0.334 e. The number of nitrogens with zero attached hydrogens (tertiary/aromatic N) is 2. The van der Waals surface area contributed by atoms with Crippen molar-refractivity contribution in [3.8, 4) is 0 Å². The molecule has 2 aromatic carbocycles. The van der Waals surface area contributed by atoms with Crippen LogP contribution >= 0.6 is 11.3 Å². The number of aromatic nitrogens is 3. The van der Waals surface area contributed by atoms with Crippen LogP contribution in [0.1, 0.15) is 16.1 Å². The number of carbonyl (C=O) groups excluding carboxylic acids is 1. The average Bonchev–Trinajstić information content (AvgIpc) is 3.30. The molecular weight excluding hydrogens is 346 g/mol. The Labute approximate surface area is 154 Å². The van der Waals surface area contributed by atoms with Gasteiger partial charge in [0.15, 0.2) is 0 Å². The monoisotopic (exact) mass is 363 g/mol. The predicted molar refractivity (Wildman–Crippen MR) is 103 cm³/mol. The van der Waals surface area contributed by atoms with Gasteiger partial charge in [-0.3, -0.25) is 5.10 Å². The number of hydrogen-bond acceptors (Lipinski definition) is 4. The fourth-order valence-corrected chi connectivity index (χ4v) is 3.61. The number of aromatic amines is 1. The molecule has 0 unspecified atom stereocenters. The molecule has 0 radical (unpaired) electrons. The van der Waals surface area contributed by atoms with Gasteiger partial charge in [-0.2, -0.15) is 5.10 Å². The molecule has 26 heavy (non-hydrogen) atoms. The second-order valence-corrected chi connectivity index (χ2v) is 6.98. The molecule has 0 fully saturated rings. The highest BCUT2D eigenvalue weighted by atomic mass is 32.1. The fourth-order valence-electron chi connectivity index (χ4n) is 2.61. The molecule has 4 aromatic rings. The van der Waals surface area contributed by atoms with Crippen molar-refractivity contribution in [2.45, 2.75) is 13.0 Å². The van der Waals surface area contributed by atoms with Gasteiger partial charge < -0.3 is 10.6 Å². The van der Waals surface area contributed by atoms with E-state index in [4.69, 9.17) is 0 Å². The number of hydrogen-bond donors (Lipinski definition) is 3. The van der Waals surface area contributed by atoms with Crippen molar-refractivity contribution >= 4 is 33.3 Å². The third-order valence-corrected chi connectivity index (χ3v) is 4.95. The number of amides is 2. The summed E-state index contributed by atoms with van der Waals surface area (Å²) in [5, 5.41) is 13.2. The lowest BCUT2D eigenvalue weighted by Crippen LogP contribution is -2.27. The van der Waals surface area contributed by atoms with Gasteiger partial charge in [0.1, 0.15) is 0 Å². The van der Waals surface area contributed by atoms with Crippen LogP contribution in [0.25, 0.3) is 10.2 Å². The SMILES string of the molecule is O=C(NCc1cn[nH]c1)Nc1ccc(Cc2nc3ccccc3s2)cc1. The van der Waals surface area contributed by atoms with Crippen LogP contribution in [0.4, 0.5) is 10.5 Å². The van der Waals surface area contributed by atoms with E-state index in [-0.39, 0.29) is 6.03 Å². The zero-order valence-electron chi connectivity index (χ0n) is 13.9. The Hall–Kier alpha value is -3.19. The highest BCUT2D eigenvalue weighted by Crippen LogP contribution is 2.24. The molecule has 3 N–H and O–H groups in total. The first kappa shape index (κ1) is 16.3. The van der Waals surface area contributed by atoms with E-state index >= 15 is 0 Å². The summed E-state index contributed by atoms with van der Waals surface area (Å²) in [5.41, 5.74) is 3.88. The third-order valence-electron chi connectivity index (χ3n) is 3.91. The lowest BCUT2D eigenvalue weighted by molar-refractivity contribution is 0.251. The Kier molecular flexibility index (Phi) is 4.61. The summed E-state index contributed by atoms with van der Waals surface area (Å²) >= 11 is 1.71. The number of H-pyrrole nitrogens is 1. The maximum Gasteiger partial charge on any atom is 0.319 e. The van der Waals surface area contributed by atoms with Gasteiger partial charge in [-0.15, -0.1) is 11.3 Å². The average molecular weight is 363 g/mol. The Bertz CT molecular complexity index is 975. The van der Waals surface area contributed by atoms with Gasteiger partial charge >= 0.3 is 6.03 Å². The number of fused-ring (bicyclic) bond motifs is 1. The normalized spacial score (nSPS) is 10.8. The van der Waals surface area contributed by atoms with Crippen LogP contribution in [0.3, 0.4) is 0 Å². The van der Waals surface area contributed by atoms with E-state index in [1.165, 1.54) is 4.70 Å². The molecule has 2 aromatic heterocycles. The summed E-state index contributed by atoms with van der Waals surface area (Å²) in [5.74, 6) is 0. The van der Waals surface area contributed by atoms with Crippen molar-refractivity contribution < 1.29 is 4.79 Å². The van der Waals surface area contributed by atoms with E-state index in [1.54, 1.807) is 23.7 Å². The lowest BCUT2D eigenvalue weighted by Gasteiger charge is -2.07. The maximum atomic E-state index is 11.9. The highest BCUT2D eigenvalue weighted by Gasteiger charge is 2.06. The van der Waals surface area contributed by atoms with Gasteiger partial charge in [0.25, 0.3) is 0 Å². The number of rotatable bonds is 5. The van der Waals surface area contributed by atoms with E-state index in [0.29, 0.717) is 6.54 Å². The van der Waals surface area contributed by atoms with E-state index in [9.17, 15) is 4.79 Å². The Morgan fingerprint density at radius 3 is 2.69 bits per heavy atom. The van der Waals surface area contributed by atoms with E-state index in [0.717, 1.165) is 33.8 Å². The molecule has 0 saturated heterocycles. The van der Waals surface area contributed by atoms with Gasteiger partial charge in [0.05, 0.1) is 21.4 Å². The number of carbonyl (C=O) groups is 1. The fraction of sp³-hybridized carbons (Fsp3) is 0.105. The smallest absolute Gasteiger partial charge is 0.319 e. The zero-order valence-corrected chi connectivity index (χ0v) is 14.7. The molecule has 0 atom stereocenters. The summed E-state index contributed by atoms with van der Waals surface area (Å²) in [7, 11) is 0. The third kappa shape index (κ3) is 3.89. The minimum Gasteiger partial charge on any atom is -0.334 e. The number of thiazole rings is 1. The van der Waals surface area contributed by atoms with E-state index in [1.807, 2.05) is 42.5 Å². The summed E-state index contributed by atoms with van der Waals surface area (Å²) in [6.07, 6.45) is 4.21. The summed E-state index contributed by atoms with van der Waals surface area (Å²) < 4.78 is 1.20. The Balaban J connectivity index is 1.34. The molecule has 4 rings (SSSR count). The van der Waals surface area contributed by atoms with Crippen molar-refractivity contribution in [2.75, 3.05) is 5.32 Å². The second kappa shape index (κ2) is 7.37. The Morgan fingerprint density at radius 2 is 1.92 bits per heavy atom. The molecular formula is C19H17N5OS. The van der Waals surface area contributed by atoms with Crippen molar-refractivity contribution in [1.29, 1.82) is 0 Å². The molecule has 0 saturated carbocycles. The first-order valence-electron chi connectivity index (χ1n) is 8.22. The molecule has 7 heteroatoms. The van der Waals surface area contributed by atoms with Crippen LogP contribution in [-0.4, -0.2) is 21.2 Å². The number of nitrogens with one attached hydrogen (secondary N) is 3. The standard InChI is InChI=1S/C19H17N5OS/c25-19(20-10-14-11-21-22-12-14)23-15-7-5-13(6-8-15)9-18-24-16-3-1-2-4-17(16)26-18/h1-8,11-12H,9-10H2,(H,21,22)(H2,20,23,25). The number of para-hydroxylation sites is 1. The maximum absolute atomic E-state index is 11.9. The first-order valence-corrected chi connectivity index (χ1v) is 9.04. The van der Waals surface area contributed by atoms with Gasteiger partial charge in [0, 0.05) is 30.4 Å². The van der Waals surface area contributed by atoms with Crippen molar-refractivity contribution in [2.24, 2.45) is 0 Å². The van der Waals surface area contributed by atoms with Crippen molar-refractivity contribution in [3.63, 3.8) is 0 Å². The topological polar surface area (TPSA) is 82.7 Å². The van der Waals surface area contributed by atoms with Crippen LogP contribution in [0.2, 0.25) is 0 Å². The molecule has 6 nitrogen and oxygen atoms in total. The van der Waals surface area contributed by atoms with Gasteiger partial charge in [-0.05, 0) is 29.8 Å². The van der Waals surface area contributed by atoms with E-state index in [2.05, 4.69) is 31.9 Å². The van der Waals surface area contributed by atoms with Crippen LogP contribution < -0.4 is 10.6 Å². The molecule has 0 aliphatic carbocycles. The minimum atomic E-state index is -0.245. The van der Waals surface area contributed by atoms with Crippen LogP contribution in [0.15, 0.2) is 60.9 Å². The molecule has 0 aliphatic rings. The number of anilines is 1. The molecule has 130 valence electrons. The number of urea groups is 1. The molecule has 0 bridgehead atoms. The van der Waals surface area contributed by atoms with Crippen LogP contribution in [-0.2, 0) is 13.0 Å². The quantitative estimate of drug-likeness (QED) is 0.502. The number of benzene rings is 2. The molecule has 0 spiro atoms. The van der Waals surface area contributed by atoms with Crippen molar-refractivity contribution in [3.05, 3.63) is 77.1 Å². The van der Waals surface area contributed by atoms with Gasteiger partial charge in [-0.1, -0.05) is 24.3 Å². The lowest BCUT2D eigenvalue weighted by atomic mass is 10.1. The summed E-state index contributed by atoms with van der Waals surface area (Å²) in [6.45, 7) is 0.429. The predicted octanol–water partition coefficient (Wildman–Crippen LogP) is 3.93. The molecule has 2 amide bonds. The zero-order chi connectivity index (χ0) is 17.8. The van der Waals surface area contributed by atoms with E-state index < -0.39 is 0 Å². The summed E-state index contributed by atoms with van der Waals surface area (Å²) in [4.78, 5) is 16.6.